The van der Waals surface area contributed by atoms with E-state index in [9.17, 15) is 12.8 Å². The molecule has 1 aliphatic carbocycles. The van der Waals surface area contributed by atoms with Crippen molar-refractivity contribution in [3.8, 4) is 0 Å². The third kappa shape index (κ3) is 3.97. The maximum atomic E-state index is 13.4. The number of sulfonamides is 1. The van der Waals surface area contributed by atoms with Gasteiger partial charge in [-0.05, 0) is 37.0 Å². The second-order valence-corrected chi connectivity index (χ2v) is 7.20. The molecule has 1 fully saturated rings. The van der Waals surface area contributed by atoms with Crippen molar-refractivity contribution in [2.75, 3.05) is 6.54 Å². The Balaban J connectivity index is 2.03. The zero-order valence-corrected chi connectivity index (χ0v) is 12.6. The van der Waals surface area contributed by atoms with Crippen LogP contribution in [0.5, 0.6) is 0 Å². The SMILES string of the molecule is NC(=S)c1cc(S(=O)(=O)NCCCC2CC2)ccc1F. The Morgan fingerprint density at radius 3 is 2.75 bits per heavy atom. The molecular weight excluding hydrogens is 299 g/mol. The summed E-state index contributed by atoms with van der Waals surface area (Å²) in [5.41, 5.74) is 5.31. The van der Waals surface area contributed by atoms with Gasteiger partial charge in [0.05, 0.1) is 4.90 Å². The number of nitrogens with two attached hydrogens (primary N) is 1. The van der Waals surface area contributed by atoms with Crippen LogP contribution in [0.25, 0.3) is 0 Å². The van der Waals surface area contributed by atoms with Crippen LogP contribution in [0.15, 0.2) is 23.1 Å². The molecular formula is C13H17FN2O2S2. The Bertz CT molecular complexity index is 613. The van der Waals surface area contributed by atoms with Gasteiger partial charge in [-0.1, -0.05) is 25.1 Å². The highest BCUT2D eigenvalue weighted by atomic mass is 32.2. The monoisotopic (exact) mass is 316 g/mol. The first-order valence-electron chi connectivity index (χ1n) is 6.49. The molecule has 0 bridgehead atoms. The Labute approximate surface area is 123 Å². The highest BCUT2D eigenvalue weighted by Gasteiger charge is 2.21. The molecule has 1 aromatic carbocycles. The van der Waals surface area contributed by atoms with Crippen LogP contribution in [-0.4, -0.2) is 20.0 Å². The molecule has 1 aromatic rings. The largest absolute Gasteiger partial charge is 0.389 e. The maximum Gasteiger partial charge on any atom is 0.240 e. The van der Waals surface area contributed by atoms with E-state index in [1.54, 1.807) is 0 Å². The van der Waals surface area contributed by atoms with Crippen LogP contribution >= 0.6 is 12.2 Å². The first kappa shape index (κ1) is 15.3. The van der Waals surface area contributed by atoms with Crippen LogP contribution in [0.1, 0.15) is 31.2 Å². The van der Waals surface area contributed by atoms with Gasteiger partial charge in [-0.3, -0.25) is 0 Å². The zero-order valence-electron chi connectivity index (χ0n) is 10.9. The maximum absolute atomic E-state index is 13.4. The molecule has 0 saturated heterocycles. The lowest BCUT2D eigenvalue weighted by atomic mass is 10.2. The molecule has 20 heavy (non-hydrogen) atoms. The van der Waals surface area contributed by atoms with Gasteiger partial charge in [0, 0.05) is 12.1 Å². The summed E-state index contributed by atoms with van der Waals surface area (Å²) in [6.07, 6.45) is 4.36. The molecule has 3 N–H and O–H groups in total. The molecule has 2 rings (SSSR count). The molecule has 0 heterocycles. The van der Waals surface area contributed by atoms with Crippen molar-refractivity contribution in [2.45, 2.75) is 30.6 Å². The van der Waals surface area contributed by atoms with Crippen molar-refractivity contribution in [3.63, 3.8) is 0 Å². The van der Waals surface area contributed by atoms with E-state index in [0.29, 0.717) is 6.54 Å². The number of hydrogen-bond acceptors (Lipinski definition) is 3. The van der Waals surface area contributed by atoms with Gasteiger partial charge < -0.3 is 5.73 Å². The van der Waals surface area contributed by atoms with Crippen molar-refractivity contribution in [1.29, 1.82) is 0 Å². The summed E-state index contributed by atoms with van der Waals surface area (Å²) in [5.74, 6) is 0.150. The fraction of sp³-hybridized carbons (Fsp3) is 0.462. The number of rotatable bonds is 7. The van der Waals surface area contributed by atoms with E-state index in [0.717, 1.165) is 24.8 Å². The lowest BCUT2D eigenvalue weighted by molar-refractivity contribution is 0.572. The van der Waals surface area contributed by atoms with Gasteiger partial charge in [0.25, 0.3) is 0 Å². The predicted molar refractivity (Wildman–Crippen MR) is 79.4 cm³/mol. The van der Waals surface area contributed by atoms with Gasteiger partial charge in [-0.25, -0.2) is 17.5 Å². The molecule has 0 spiro atoms. The van der Waals surface area contributed by atoms with E-state index in [4.69, 9.17) is 18.0 Å². The number of thiocarbonyl (C=S) groups is 1. The highest BCUT2D eigenvalue weighted by Crippen LogP contribution is 2.33. The number of benzene rings is 1. The molecule has 110 valence electrons. The third-order valence-corrected chi connectivity index (χ3v) is 4.97. The van der Waals surface area contributed by atoms with Crippen molar-refractivity contribution >= 4 is 27.2 Å². The zero-order chi connectivity index (χ0) is 14.8. The van der Waals surface area contributed by atoms with Crippen LogP contribution in [-0.2, 0) is 10.0 Å². The fourth-order valence-electron chi connectivity index (χ4n) is 1.95. The standard InChI is InChI=1S/C13H17FN2O2S2/c14-12-6-5-10(8-11(12)13(15)19)20(17,18)16-7-1-2-9-3-4-9/h5-6,8-9,16H,1-4,7H2,(H2,15,19). The number of nitrogens with one attached hydrogen (secondary N) is 1. The minimum Gasteiger partial charge on any atom is -0.389 e. The van der Waals surface area contributed by atoms with E-state index < -0.39 is 15.8 Å². The van der Waals surface area contributed by atoms with Crippen LogP contribution in [0.3, 0.4) is 0 Å². The van der Waals surface area contributed by atoms with E-state index >= 15 is 0 Å². The summed E-state index contributed by atoms with van der Waals surface area (Å²) in [4.78, 5) is -0.179. The fourth-order valence-corrected chi connectivity index (χ4v) is 3.20. The van der Waals surface area contributed by atoms with Crippen molar-refractivity contribution in [1.82, 2.24) is 4.72 Å². The van der Waals surface area contributed by atoms with Gasteiger partial charge >= 0.3 is 0 Å². The molecule has 7 heteroatoms. The summed E-state index contributed by atoms with van der Waals surface area (Å²) in [6.45, 7) is 0.388. The Morgan fingerprint density at radius 2 is 2.15 bits per heavy atom. The van der Waals surface area contributed by atoms with Crippen LogP contribution in [0.2, 0.25) is 0 Å². The second kappa shape index (κ2) is 6.15. The average molecular weight is 316 g/mol. The predicted octanol–water partition coefficient (Wildman–Crippen LogP) is 1.93. The number of halogens is 1. The summed E-state index contributed by atoms with van der Waals surface area (Å²) in [7, 11) is -3.64. The van der Waals surface area contributed by atoms with Crippen LogP contribution in [0.4, 0.5) is 4.39 Å². The second-order valence-electron chi connectivity index (χ2n) is 4.99. The average Bonchev–Trinajstić information content (AvgIpc) is 3.18. The van der Waals surface area contributed by atoms with Crippen molar-refractivity contribution in [2.24, 2.45) is 11.7 Å². The van der Waals surface area contributed by atoms with Crippen LogP contribution in [0, 0.1) is 11.7 Å². The summed E-state index contributed by atoms with van der Waals surface area (Å²) < 4.78 is 40.1. The van der Waals surface area contributed by atoms with Gasteiger partial charge in [0.2, 0.25) is 10.0 Å². The van der Waals surface area contributed by atoms with E-state index in [2.05, 4.69) is 4.72 Å². The summed E-state index contributed by atoms with van der Waals surface area (Å²) >= 11 is 4.70. The Morgan fingerprint density at radius 1 is 1.45 bits per heavy atom. The molecule has 1 saturated carbocycles. The first-order chi connectivity index (χ1) is 9.40. The third-order valence-electron chi connectivity index (χ3n) is 3.29. The summed E-state index contributed by atoms with van der Waals surface area (Å²) in [5, 5.41) is 0. The molecule has 0 atom stereocenters. The number of hydrogen-bond donors (Lipinski definition) is 2. The minimum absolute atomic E-state index is 0.0203. The van der Waals surface area contributed by atoms with Gasteiger partial charge in [-0.2, -0.15) is 0 Å². The smallest absolute Gasteiger partial charge is 0.240 e. The van der Waals surface area contributed by atoms with Crippen molar-refractivity contribution in [3.05, 3.63) is 29.6 Å². The van der Waals surface area contributed by atoms with E-state index in [1.165, 1.54) is 25.0 Å². The molecule has 0 radical (unpaired) electrons. The topological polar surface area (TPSA) is 72.2 Å². The molecule has 1 aliphatic rings. The van der Waals surface area contributed by atoms with E-state index in [-0.39, 0.29) is 15.4 Å². The van der Waals surface area contributed by atoms with Gasteiger partial charge in [0.1, 0.15) is 10.8 Å². The molecule has 0 aromatic heterocycles. The van der Waals surface area contributed by atoms with Gasteiger partial charge in [-0.15, -0.1) is 0 Å². The normalized spacial score (nSPS) is 15.2. The Kier molecular flexibility index (Phi) is 4.72. The summed E-state index contributed by atoms with van der Waals surface area (Å²) in [6, 6.07) is 3.44. The lowest BCUT2D eigenvalue weighted by Gasteiger charge is -2.08. The van der Waals surface area contributed by atoms with Crippen molar-refractivity contribution < 1.29 is 12.8 Å². The molecule has 0 amide bonds. The molecule has 4 nitrogen and oxygen atoms in total. The first-order valence-corrected chi connectivity index (χ1v) is 8.38. The lowest BCUT2D eigenvalue weighted by Crippen LogP contribution is -2.25. The highest BCUT2D eigenvalue weighted by molar-refractivity contribution is 7.89. The molecule has 0 aliphatic heterocycles. The quantitative estimate of drug-likeness (QED) is 0.595. The Hall–Kier alpha value is -1.05. The van der Waals surface area contributed by atoms with Gasteiger partial charge in [0.15, 0.2) is 0 Å². The van der Waals surface area contributed by atoms with Crippen LogP contribution < -0.4 is 10.5 Å². The molecule has 0 unspecified atom stereocenters. The minimum atomic E-state index is -3.64. The van der Waals surface area contributed by atoms with E-state index in [1.807, 2.05) is 0 Å².